The molecule has 0 aliphatic rings. The zero-order valence-corrected chi connectivity index (χ0v) is 8.51. The van der Waals surface area contributed by atoms with E-state index in [1.807, 2.05) is 17.9 Å². The Labute approximate surface area is 65.8 Å². The fourth-order valence-electron chi connectivity index (χ4n) is 0.954. The summed E-state index contributed by atoms with van der Waals surface area (Å²) in [6.07, 6.45) is 2.02. The van der Waals surface area contributed by atoms with Crippen molar-refractivity contribution in [3.05, 3.63) is 17.5 Å². The first kappa shape index (κ1) is 8.17. The van der Waals surface area contributed by atoms with E-state index < -0.39 is 0 Å². The minimum Gasteiger partial charge on any atom is -0.275 e. The lowest BCUT2D eigenvalue weighted by Crippen LogP contribution is -1.89. The average molecular weight is 174 g/mol. The number of nitrogens with zero attached hydrogens (tertiary/aromatic N) is 2. The van der Waals surface area contributed by atoms with Crippen LogP contribution in [0, 0.1) is 6.92 Å². The largest absolute Gasteiger partial charge is 0.275 e. The van der Waals surface area contributed by atoms with Crippen molar-refractivity contribution in [2.75, 3.05) is 0 Å². The van der Waals surface area contributed by atoms with Gasteiger partial charge in [0.25, 0.3) is 0 Å². The third-order valence-corrected chi connectivity index (χ3v) is 2.00. The van der Waals surface area contributed by atoms with Crippen LogP contribution in [0.15, 0.2) is 6.20 Å². The topological polar surface area (TPSA) is 17.8 Å². The molecule has 4 heteroatoms. The monoisotopic (exact) mass is 174 g/mol. The summed E-state index contributed by atoms with van der Waals surface area (Å²) >= 11 is 0. The molecule has 2 nitrogen and oxygen atoms in total. The first-order valence-corrected chi connectivity index (χ1v) is 4.46. The highest BCUT2D eigenvalue weighted by Crippen LogP contribution is 2.29. The zero-order chi connectivity index (χ0) is 7.72. The van der Waals surface area contributed by atoms with Gasteiger partial charge in [0, 0.05) is 18.6 Å². The molecule has 2 unspecified atom stereocenters. The van der Waals surface area contributed by atoms with Gasteiger partial charge in [0.2, 0.25) is 0 Å². The molecule has 1 heterocycles. The smallest absolute Gasteiger partial charge is 0.0759 e. The summed E-state index contributed by atoms with van der Waals surface area (Å²) in [4.78, 5) is 0. The third kappa shape index (κ3) is 1.56. The maximum atomic E-state index is 4.28. The van der Waals surface area contributed by atoms with Gasteiger partial charge in [0.05, 0.1) is 5.69 Å². The van der Waals surface area contributed by atoms with Crippen molar-refractivity contribution in [3.8, 4) is 0 Å². The standard InChI is InChI=1S/C6H12N2P2/c1-4-3-8(2)7-5(4)6(9)10/h3,6H,9-10H2,1-2H3. The third-order valence-electron chi connectivity index (χ3n) is 1.37. The van der Waals surface area contributed by atoms with Crippen LogP contribution in [0.4, 0.5) is 0 Å². The van der Waals surface area contributed by atoms with Gasteiger partial charge in [0.1, 0.15) is 0 Å². The summed E-state index contributed by atoms with van der Waals surface area (Å²) in [5, 5.41) is 4.66. The van der Waals surface area contributed by atoms with Crippen molar-refractivity contribution in [2.45, 2.75) is 12.3 Å². The van der Waals surface area contributed by atoms with Gasteiger partial charge in [-0.1, -0.05) is 0 Å². The van der Waals surface area contributed by atoms with Crippen LogP contribution in [0.25, 0.3) is 0 Å². The lowest BCUT2D eigenvalue weighted by Gasteiger charge is -1.98. The highest BCUT2D eigenvalue weighted by Gasteiger charge is 2.06. The molecule has 0 radical (unpaired) electrons. The molecule has 2 atom stereocenters. The van der Waals surface area contributed by atoms with Gasteiger partial charge in [-0.15, -0.1) is 18.5 Å². The van der Waals surface area contributed by atoms with E-state index in [9.17, 15) is 0 Å². The average Bonchev–Trinajstić information content (AvgIpc) is 2.10. The van der Waals surface area contributed by atoms with E-state index in [4.69, 9.17) is 0 Å². The molecule has 0 bridgehead atoms. The predicted molar refractivity (Wildman–Crippen MR) is 50.1 cm³/mol. The Balaban J connectivity index is 3.03. The second-order valence-corrected chi connectivity index (χ2v) is 4.60. The quantitative estimate of drug-likeness (QED) is 0.589. The Kier molecular flexibility index (Phi) is 2.44. The summed E-state index contributed by atoms with van der Waals surface area (Å²) < 4.78 is 1.84. The van der Waals surface area contributed by atoms with Gasteiger partial charge in [-0.25, -0.2) is 0 Å². The molecule has 0 N–H and O–H groups in total. The Morgan fingerprint density at radius 2 is 2.20 bits per heavy atom. The van der Waals surface area contributed by atoms with Crippen molar-refractivity contribution >= 4 is 18.5 Å². The van der Waals surface area contributed by atoms with E-state index >= 15 is 0 Å². The maximum absolute atomic E-state index is 4.28. The molecule has 1 rings (SSSR count). The molecule has 0 aliphatic heterocycles. The molecule has 10 heavy (non-hydrogen) atoms. The van der Waals surface area contributed by atoms with Crippen LogP contribution >= 0.6 is 18.5 Å². The van der Waals surface area contributed by atoms with Crippen molar-refractivity contribution in [1.29, 1.82) is 0 Å². The van der Waals surface area contributed by atoms with Crippen LogP contribution in [-0.4, -0.2) is 9.78 Å². The predicted octanol–water partition coefficient (Wildman–Crippen LogP) is 1.48. The molecule has 0 aliphatic carbocycles. The molecule has 0 amide bonds. The molecule has 0 saturated carbocycles. The van der Waals surface area contributed by atoms with Crippen LogP contribution in [-0.2, 0) is 7.05 Å². The second-order valence-electron chi connectivity index (χ2n) is 2.40. The van der Waals surface area contributed by atoms with Crippen LogP contribution in [0.1, 0.15) is 16.7 Å². The SMILES string of the molecule is Cc1cn(C)nc1C(P)P. The van der Waals surface area contributed by atoms with Crippen molar-refractivity contribution in [3.63, 3.8) is 0 Å². The number of aryl methyl sites for hydroxylation is 2. The number of hydrogen-bond acceptors (Lipinski definition) is 1. The minimum atomic E-state index is 0.376. The lowest BCUT2D eigenvalue weighted by atomic mass is 10.3. The van der Waals surface area contributed by atoms with Crippen molar-refractivity contribution in [2.24, 2.45) is 7.05 Å². The van der Waals surface area contributed by atoms with Gasteiger partial charge in [-0.3, -0.25) is 4.68 Å². The minimum absolute atomic E-state index is 0.376. The summed E-state index contributed by atoms with van der Waals surface area (Å²) in [5.41, 5.74) is 2.38. The van der Waals surface area contributed by atoms with Crippen LogP contribution in [0.2, 0.25) is 0 Å². The Bertz CT molecular complexity index is 230. The highest BCUT2D eigenvalue weighted by atomic mass is 31.1. The van der Waals surface area contributed by atoms with Gasteiger partial charge in [-0.05, 0) is 12.5 Å². The summed E-state index contributed by atoms with van der Waals surface area (Å²) in [7, 11) is 7.35. The molecular weight excluding hydrogens is 162 g/mol. The van der Waals surface area contributed by atoms with Crippen LogP contribution in [0.5, 0.6) is 0 Å². The van der Waals surface area contributed by atoms with E-state index in [-0.39, 0.29) is 0 Å². The summed E-state index contributed by atoms with van der Waals surface area (Å²) in [5.74, 6) is 0. The van der Waals surface area contributed by atoms with Gasteiger partial charge in [-0.2, -0.15) is 5.10 Å². The number of rotatable bonds is 1. The van der Waals surface area contributed by atoms with E-state index in [0.29, 0.717) is 5.40 Å². The van der Waals surface area contributed by atoms with E-state index in [1.54, 1.807) is 0 Å². The van der Waals surface area contributed by atoms with Crippen molar-refractivity contribution in [1.82, 2.24) is 9.78 Å². The molecule has 0 aromatic carbocycles. The fraction of sp³-hybridized carbons (Fsp3) is 0.500. The fourth-order valence-corrected chi connectivity index (χ4v) is 1.61. The normalized spacial score (nSPS) is 10.9. The summed E-state index contributed by atoms with van der Waals surface area (Å²) in [6, 6.07) is 0. The first-order chi connectivity index (χ1) is 4.61. The van der Waals surface area contributed by atoms with Crippen LogP contribution < -0.4 is 0 Å². The first-order valence-electron chi connectivity index (χ1n) is 3.12. The zero-order valence-electron chi connectivity index (χ0n) is 6.20. The molecule has 56 valence electrons. The Hall–Kier alpha value is 0.0700. The molecule has 1 aromatic heterocycles. The summed E-state index contributed by atoms with van der Waals surface area (Å²) in [6.45, 7) is 2.07. The number of hydrogen-bond donors (Lipinski definition) is 0. The maximum Gasteiger partial charge on any atom is 0.0759 e. The molecule has 1 aromatic rings. The molecular formula is C6H12N2P2. The Morgan fingerprint density at radius 1 is 1.60 bits per heavy atom. The number of aromatic nitrogens is 2. The molecule has 0 saturated heterocycles. The van der Waals surface area contributed by atoms with Gasteiger partial charge < -0.3 is 0 Å². The van der Waals surface area contributed by atoms with E-state index in [2.05, 4.69) is 30.5 Å². The second kappa shape index (κ2) is 2.98. The van der Waals surface area contributed by atoms with Crippen LogP contribution in [0.3, 0.4) is 0 Å². The molecule has 0 spiro atoms. The van der Waals surface area contributed by atoms with E-state index in [1.165, 1.54) is 5.56 Å². The lowest BCUT2D eigenvalue weighted by molar-refractivity contribution is 0.754. The molecule has 0 fully saturated rings. The Morgan fingerprint density at radius 3 is 2.40 bits per heavy atom. The van der Waals surface area contributed by atoms with E-state index in [0.717, 1.165) is 5.69 Å². The van der Waals surface area contributed by atoms with Gasteiger partial charge >= 0.3 is 0 Å². The highest BCUT2D eigenvalue weighted by molar-refractivity contribution is 7.37. The van der Waals surface area contributed by atoms with Gasteiger partial charge in [0.15, 0.2) is 0 Å². The van der Waals surface area contributed by atoms with Crippen molar-refractivity contribution < 1.29 is 0 Å².